The molecule has 4 saturated heterocycles. The first-order valence-electron chi connectivity index (χ1n) is 14.1. The SMILES string of the molecule is OC[C@H]1O[C@H](O[C@H]2[C@H](O)[C@@H](CO)O[C@@]2(CO)O[C@@]2(C3O[C@@](O)(CO)[C@@H](O)[C@H](O)[C@@H]3O)O[C@H](CO)[C@@H](O)[C@H](O)[C@H]2O)C(O)C(O)C1O. The number of aliphatic hydroxyl groups is 16. The van der Waals surface area contributed by atoms with Crippen LogP contribution in [0.2, 0.25) is 0 Å². The zero-order valence-corrected chi connectivity index (χ0v) is 23.9. The Morgan fingerprint density at radius 1 is 0.522 bits per heavy atom. The van der Waals surface area contributed by atoms with E-state index in [-0.39, 0.29) is 0 Å². The van der Waals surface area contributed by atoms with Gasteiger partial charge in [-0.3, -0.25) is 0 Å². The summed E-state index contributed by atoms with van der Waals surface area (Å²) in [6.45, 7) is -6.09. The minimum absolute atomic E-state index is 0.916. The Balaban J connectivity index is 1.84. The molecule has 0 amide bonds. The molecule has 4 fully saturated rings. The molecule has 19 atom stereocenters. The maximum atomic E-state index is 11.3. The quantitative estimate of drug-likeness (QED) is 0.102. The van der Waals surface area contributed by atoms with Gasteiger partial charge in [0.25, 0.3) is 0 Å². The minimum atomic E-state index is -3.35. The summed E-state index contributed by atoms with van der Waals surface area (Å²) >= 11 is 0. The molecule has 0 radical (unpaired) electrons. The molecule has 0 saturated carbocycles. The molecule has 0 aromatic heterocycles. The first kappa shape index (κ1) is 37.9. The molecule has 4 aliphatic rings. The average molecular weight is 683 g/mol. The lowest BCUT2D eigenvalue weighted by Gasteiger charge is -2.57. The van der Waals surface area contributed by atoms with Gasteiger partial charge in [-0.15, -0.1) is 0 Å². The Bertz CT molecular complexity index is 1010. The first-order valence-corrected chi connectivity index (χ1v) is 14.1. The van der Waals surface area contributed by atoms with E-state index in [1.54, 1.807) is 0 Å². The summed E-state index contributed by atoms with van der Waals surface area (Å²) in [5, 5.41) is 167. The molecule has 270 valence electrons. The van der Waals surface area contributed by atoms with E-state index in [9.17, 15) is 81.7 Å². The van der Waals surface area contributed by atoms with E-state index in [1.165, 1.54) is 0 Å². The van der Waals surface area contributed by atoms with Gasteiger partial charge in [0.15, 0.2) is 6.29 Å². The highest BCUT2D eigenvalue weighted by Crippen LogP contribution is 2.47. The summed E-state index contributed by atoms with van der Waals surface area (Å²) in [5.41, 5.74) is 0. The van der Waals surface area contributed by atoms with Crippen molar-refractivity contribution in [2.45, 2.75) is 115 Å². The Morgan fingerprint density at radius 2 is 1.07 bits per heavy atom. The third-order valence-electron chi connectivity index (χ3n) is 8.72. The van der Waals surface area contributed by atoms with Crippen molar-refractivity contribution in [1.29, 1.82) is 0 Å². The molecule has 0 spiro atoms. The highest BCUT2D eigenvalue weighted by molar-refractivity contribution is 5.11. The molecule has 4 aliphatic heterocycles. The second-order valence-electron chi connectivity index (χ2n) is 11.6. The summed E-state index contributed by atoms with van der Waals surface area (Å²) in [6, 6.07) is 0. The lowest BCUT2D eigenvalue weighted by Crippen LogP contribution is -2.79. The van der Waals surface area contributed by atoms with Crippen molar-refractivity contribution in [1.82, 2.24) is 0 Å². The van der Waals surface area contributed by atoms with Gasteiger partial charge in [0.2, 0.25) is 17.4 Å². The van der Waals surface area contributed by atoms with E-state index in [0.29, 0.717) is 0 Å². The van der Waals surface area contributed by atoms with Gasteiger partial charge in [-0.05, 0) is 0 Å². The largest absolute Gasteiger partial charge is 0.394 e. The highest BCUT2D eigenvalue weighted by Gasteiger charge is 2.71. The average Bonchev–Trinajstić information content (AvgIpc) is 3.32. The van der Waals surface area contributed by atoms with Crippen molar-refractivity contribution in [3.8, 4) is 0 Å². The fourth-order valence-electron chi connectivity index (χ4n) is 6.00. The standard InChI is InChI=1S/C24H42O22/c25-1-6-9(30)12(33)16(37)21(41-6)42-19-11(32)8(3-27)43-23(19,5-29)46-24(18(39)13(34)10(31)7(2-26)44-24)20-15(36)14(35)17(38)22(40,4-28)45-20/h6-21,25-40H,1-5H2/t6-,7-,8-,9?,10-,11-,12?,13+,14-,15+,16?,17+,18-,19+,20?,21-,22+,23+,24+/m1/s1. The second-order valence-corrected chi connectivity index (χ2v) is 11.6. The van der Waals surface area contributed by atoms with Gasteiger partial charge in [-0.1, -0.05) is 0 Å². The van der Waals surface area contributed by atoms with E-state index < -0.39 is 148 Å². The number of ether oxygens (including phenoxy) is 6. The molecule has 0 aliphatic carbocycles. The normalized spacial score (nSPS) is 55.0. The predicted molar refractivity (Wildman–Crippen MR) is 135 cm³/mol. The molecule has 4 rings (SSSR count). The molecule has 0 bridgehead atoms. The second kappa shape index (κ2) is 14.2. The van der Waals surface area contributed by atoms with Gasteiger partial charge in [-0.25, -0.2) is 0 Å². The Morgan fingerprint density at radius 3 is 1.61 bits per heavy atom. The number of hydrogen-bond acceptors (Lipinski definition) is 22. The fraction of sp³-hybridized carbons (Fsp3) is 1.00. The van der Waals surface area contributed by atoms with Crippen molar-refractivity contribution < 1.29 is 110 Å². The molecule has 22 nitrogen and oxygen atoms in total. The fourth-order valence-corrected chi connectivity index (χ4v) is 6.00. The molecule has 4 unspecified atom stereocenters. The van der Waals surface area contributed by atoms with Crippen LogP contribution in [0, 0.1) is 0 Å². The minimum Gasteiger partial charge on any atom is -0.394 e. The summed E-state index contributed by atoms with van der Waals surface area (Å²) in [6.07, 6.45) is -34.7. The van der Waals surface area contributed by atoms with Gasteiger partial charge in [0, 0.05) is 0 Å². The van der Waals surface area contributed by atoms with Crippen LogP contribution in [-0.4, -0.2) is 230 Å². The smallest absolute Gasteiger partial charge is 0.230 e. The number of rotatable bonds is 10. The molecule has 16 N–H and O–H groups in total. The molecular weight excluding hydrogens is 640 g/mol. The zero-order valence-electron chi connectivity index (χ0n) is 23.9. The molecule has 22 heteroatoms. The van der Waals surface area contributed by atoms with E-state index in [1.807, 2.05) is 0 Å². The molecule has 0 aromatic rings. The zero-order chi connectivity index (χ0) is 34.5. The number of aliphatic hydroxyl groups excluding tert-OH is 15. The Labute approximate surface area is 258 Å². The van der Waals surface area contributed by atoms with Gasteiger partial charge in [0.1, 0.15) is 98.2 Å². The van der Waals surface area contributed by atoms with Crippen LogP contribution in [-0.2, 0) is 28.4 Å². The molecule has 4 heterocycles. The van der Waals surface area contributed by atoms with Crippen LogP contribution in [0.1, 0.15) is 0 Å². The van der Waals surface area contributed by atoms with Gasteiger partial charge >= 0.3 is 0 Å². The summed E-state index contributed by atoms with van der Waals surface area (Å²) in [5.74, 6) is -9.50. The summed E-state index contributed by atoms with van der Waals surface area (Å²) in [4.78, 5) is 0. The van der Waals surface area contributed by atoms with Crippen molar-refractivity contribution in [3.63, 3.8) is 0 Å². The van der Waals surface area contributed by atoms with Gasteiger partial charge < -0.3 is 110 Å². The molecule has 46 heavy (non-hydrogen) atoms. The van der Waals surface area contributed by atoms with Crippen LogP contribution >= 0.6 is 0 Å². The van der Waals surface area contributed by atoms with E-state index in [2.05, 4.69) is 0 Å². The maximum Gasteiger partial charge on any atom is 0.230 e. The third kappa shape index (κ3) is 6.09. The van der Waals surface area contributed by atoms with Crippen molar-refractivity contribution in [3.05, 3.63) is 0 Å². The van der Waals surface area contributed by atoms with E-state index in [0.717, 1.165) is 0 Å². The van der Waals surface area contributed by atoms with Crippen molar-refractivity contribution >= 4 is 0 Å². The molecular formula is C24H42O22. The maximum absolute atomic E-state index is 11.3. The van der Waals surface area contributed by atoms with E-state index >= 15 is 0 Å². The van der Waals surface area contributed by atoms with Crippen molar-refractivity contribution in [2.24, 2.45) is 0 Å². The van der Waals surface area contributed by atoms with Crippen LogP contribution in [0.3, 0.4) is 0 Å². The van der Waals surface area contributed by atoms with Crippen LogP contribution in [0.25, 0.3) is 0 Å². The summed E-state index contributed by atoms with van der Waals surface area (Å²) in [7, 11) is 0. The monoisotopic (exact) mass is 682 g/mol. The number of hydrogen-bond donors (Lipinski definition) is 16. The van der Waals surface area contributed by atoms with E-state index in [4.69, 9.17) is 28.4 Å². The summed E-state index contributed by atoms with van der Waals surface area (Å²) < 4.78 is 33.2. The van der Waals surface area contributed by atoms with Gasteiger partial charge in [-0.2, -0.15) is 0 Å². The van der Waals surface area contributed by atoms with Crippen LogP contribution in [0.5, 0.6) is 0 Å². The lowest BCUT2D eigenvalue weighted by atomic mass is 9.82. The highest BCUT2D eigenvalue weighted by atomic mass is 16.8. The Hall–Kier alpha value is -0.880. The topological polar surface area (TPSA) is 379 Å². The van der Waals surface area contributed by atoms with Crippen LogP contribution < -0.4 is 0 Å². The van der Waals surface area contributed by atoms with Gasteiger partial charge in [0.05, 0.1) is 26.4 Å². The third-order valence-corrected chi connectivity index (χ3v) is 8.72. The lowest BCUT2D eigenvalue weighted by molar-refractivity contribution is -0.488. The first-order chi connectivity index (χ1) is 21.5. The van der Waals surface area contributed by atoms with Crippen LogP contribution in [0.15, 0.2) is 0 Å². The molecule has 0 aromatic carbocycles. The van der Waals surface area contributed by atoms with Crippen molar-refractivity contribution in [2.75, 3.05) is 33.0 Å². The Kier molecular flexibility index (Phi) is 11.7. The predicted octanol–water partition coefficient (Wildman–Crippen LogP) is -11.0. The van der Waals surface area contributed by atoms with Crippen LogP contribution in [0.4, 0.5) is 0 Å².